The largest absolute Gasteiger partial charge is 0.434 e. The molecule has 2 atom stereocenters. The number of rotatable bonds is 1. The van der Waals surface area contributed by atoms with E-state index in [1.807, 2.05) is 20.8 Å². The molecule has 0 aromatic rings. The highest BCUT2D eigenvalue weighted by Crippen LogP contribution is 2.27. The van der Waals surface area contributed by atoms with Crippen LogP contribution in [0.1, 0.15) is 41.0 Å². The van der Waals surface area contributed by atoms with Crippen molar-refractivity contribution in [3.05, 3.63) is 0 Å². The first-order valence-corrected chi connectivity index (χ1v) is 5.12. The Labute approximate surface area is 91.1 Å². The van der Waals surface area contributed by atoms with Gasteiger partial charge >= 0.3 is 5.97 Å². The average Bonchev–Trinajstić information content (AvgIpc) is 2.23. The third-order valence-electron chi connectivity index (χ3n) is 2.02. The molecule has 1 heterocycles. The molecule has 15 heavy (non-hydrogen) atoms. The highest BCUT2D eigenvalue weighted by atomic mass is 16.8. The molecule has 1 aliphatic heterocycles. The SMILES string of the molecule is C[C@H]1OC(=O)[C@](C)(CC#CC(C)(C)C)O1. The van der Waals surface area contributed by atoms with Crippen LogP contribution < -0.4 is 0 Å². The minimum atomic E-state index is -0.891. The van der Waals surface area contributed by atoms with E-state index < -0.39 is 11.9 Å². The van der Waals surface area contributed by atoms with E-state index in [1.165, 1.54) is 0 Å². The van der Waals surface area contributed by atoms with E-state index in [0.717, 1.165) is 0 Å². The zero-order valence-corrected chi connectivity index (χ0v) is 10.0. The van der Waals surface area contributed by atoms with Crippen molar-refractivity contribution in [3.63, 3.8) is 0 Å². The highest BCUT2D eigenvalue weighted by Gasteiger charge is 2.44. The van der Waals surface area contributed by atoms with E-state index in [-0.39, 0.29) is 11.4 Å². The lowest BCUT2D eigenvalue weighted by Crippen LogP contribution is -2.32. The topological polar surface area (TPSA) is 35.5 Å². The summed E-state index contributed by atoms with van der Waals surface area (Å²) in [6, 6.07) is 0. The highest BCUT2D eigenvalue weighted by molar-refractivity contribution is 5.81. The molecule has 0 aromatic carbocycles. The summed E-state index contributed by atoms with van der Waals surface area (Å²) in [5.74, 6) is 5.73. The number of ether oxygens (including phenoxy) is 2. The summed E-state index contributed by atoms with van der Waals surface area (Å²) in [4.78, 5) is 11.4. The summed E-state index contributed by atoms with van der Waals surface area (Å²) in [5.41, 5.74) is -0.942. The van der Waals surface area contributed by atoms with Crippen molar-refractivity contribution in [3.8, 4) is 11.8 Å². The van der Waals surface area contributed by atoms with Gasteiger partial charge in [0.1, 0.15) is 0 Å². The summed E-state index contributed by atoms with van der Waals surface area (Å²) >= 11 is 0. The number of hydrogen-bond donors (Lipinski definition) is 0. The Morgan fingerprint density at radius 3 is 2.47 bits per heavy atom. The second-order valence-corrected chi connectivity index (χ2v) is 5.05. The van der Waals surface area contributed by atoms with Crippen LogP contribution in [-0.2, 0) is 14.3 Å². The number of carbonyl (C=O) groups is 1. The van der Waals surface area contributed by atoms with Gasteiger partial charge < -0.3 is 9.47 Å². The molecule has 1 rings (SSSR count). The van der Waals surface area contributed by atoms with Crippen LogP contribution >= 0.6 is 0 Å². The van der Waals surface area contributed by atoms with Crippen molar-refractivity contribution in [1.82, 2.24) is 0 Å². The summed E-state index contributed by atoms with van der Waals surface area (Å²) in [6.07, 6.45) is -0.0769. The van der Waals surface area contributed by atoms with Gasteiger partial charge in [0, 0.05) is 11.8 Å². The molecule has 0 radical (unpaired) electrons. The third-order valence-corrected chi connectivity index (χ3v) is 2.02. The first-order valence-electron chi connectivity index (χ1n) is 5.12. The Kier molecular flexibility index (Phi) is 3.11. The standard InChI is InChI=1S/C12H18O3/c1-9-14-10(13)12(5,15-9)8-6-7-11(2,3)4/h9H,8H2,1-5H3/t9-,12-/m0/s1. The van der Waals surface area contributed by atoms with Crippen molar-refractivity contribution >= 4 is 5.97 Å². The lowest BCUT2D eigenvalue weighted by atomic mass is 9.96. The molecule has 0 aliphatic carbocycles. The first-order chi connectivity index (χ1) is 6.73. The van der Waals surface area contributed by atoms with Crippen LogP contribution in [0.25, 0.3) is 0 Å². The molecule has 0 bridgehead atoms. The molecule has 1 saturated heterocycles. The smallest absolute Gasteiger partial charge is 0.341 e. The number of esters is 1. The molecule has 0 amide bonds. The van der Waals surface area contributed by atoms with Crippen molar-refractivity contribution in [2.75, 3.05) is 0 Å². The summed E-state index contributed by atoms with van der Waals surface area (Å²) in [7, 11) is 0. The second-order valence-electron chi connectivity index (χ2n) is 5.05. The van der Waals surface area contributed by atoms with Gasteiger partial charge in [0.2, 0.25) is 6.29 Å². The van der Waals surface area contributed by atoms with Gasteiger partial charge in [0.05, 0.1) is 0 Å². The minimum absolute atomic E-state index is 0.0511. The minimum Gasteiger partial charge on any atom is -0.434 e. The molecular weight excluding hydrogens is 192 g/mol. The van der Waals surface area contributed by atoms with Crippen molar-refractivity contribution in [2.45, 2.75) is 52.9 Å². The van der Waals surface area contributed by atoms with Crippen molar-refractivity contribution in [1.29, 1.82) is 0 Å². The fraction of sp³-hybridized carbons (Fsp3) is 0.750. The molecule has 0 spiro atoms. The van der Waals surface area contributed by atoms with Crippen LogP contribution in [-0.4, -0.2) is 17.9 Å². The molecule has 0 saturated carbocycles. The van der Waals surface area contributed by atoms with Gasteiger partial charge in [-0.05, 0) is 34.6 Å². The van der Waals surface area contributed by atoms with Crippen molar-refractivity contribution < 1.29 is 14.3 Å². The molecule has 1 fully saturated rings. The zero-order valence-electron chi connectivity index (χ0n) is 10.0. The van der Waals surface area contributed by atoms with Gasteiger partial charge in [-0.3, -0.25) is 0 Å². The Balaban J connectivity index is 2.65. The molecule has 3 heteroatoms. The quantitative estimate of drug-likeness (QED) is 0.491. The monoisotopic (exact) mass is 210 g/mol. The summed E-state index contributed by atoms with van der Waals surface area (Å²) < 4.78 is 10.3. The van der Waals surface area contributed by atoms with Gasteiger partial charge in [-0.25, -0.2) is 4.79 Å². The van der Waals surface area contributed by atoms with Gasteiger partial charge in [-0.1, -0.05) is 11.8 Å². The van der Waals surface area contributed by atoms with E-state index >= 15 is 0 Å². The normalized spacial score (nSPS) is 30.7. The third kappa shape index (κ3) is 3.24. The maximum absolute atomic E-state index is 11.4. The fourth-order valence-electron chi connectivity index (χ4n) is 1.31. The van der Waals surface area contributed by atoms with Gasteiger partial charge in [0.15, 0.2) is 5.60 Å². The Bertz CT molecular complexity index is 316. The first kappa shape index (κ1) is 12.1. The number of carbonyl (C=O) groups excluding carboxylic acids is 1. The predicted molar refractivity (Wildman–Crippen MR) is 56.9 cm³/mol. The molecule has 1 aliphatic rings. The van der Waals surface area contributed by atoms with Gasteiger partial charge in [-0.15, -0.1) is 0 Å². The lowest BCUT2D eigenvalue weighted by Gasteiger charge is -2.15. The molecular formula is C12H18O3. The number of cyclic esters (lactones) is 1. The Morgan fingerprint density at radius 1 is 1.47 bits per heavy atom. The summed E-state index contributed by atoms with van der Waals surface area (Å²) in [5, 5.41) is 0. The van der Waals surface area contributed by atoms with Crippen LogP contribution in [0.15, 0.2) is 0 Å². The van der Waals surface area contributed by atoms with Gasteiger partial charge in [-0.2, -0.15) is 0 Å². The van der Waals surface area contributed by atoms with Crippen LogP contribution in [0.2, 0.25) is 0 Å². The predicted octanol–water partition coefficient (Wildman–Crippen LogP) is 2.10. The van der Waals surface area contributed by atoms with E-state index in [2.05, 4.69) is 11.8 Å². The molecule has 0 aromatic heterocycles. The van der Waals surface area contributed by atoms with Crippen LogP contribution in [0.4, 0.5) is 0 Å². The average molecular weight is 210 g/mol. The van der Waals surface area contributed by atoms with Crippen LogP contribution in [0.3, 0.4) is 0 Å². The maximum atomic E-state index is 11.4. The van der Waals surface area contributed by atoms with E-state index in [4.69, 9.17) is 9.47 Å². The zero-order chi connectivity index (χ0) is 11.7. The van der Waals surface area contributed by atoms with E-state index in [1.54, 1.807) is 13.8 Å². The Morgan fingerprint density at radius 2 is 2.07 bits per heavy atom. The van der Waals surface area contributed by atoms with Crippen molar-refractivity contribution in [2.24, 2.45) is 5.41 Å². The molecule has 3 nitrogen and oxygen atoms in total. The molecule has 0 unspecified atom stereocenters. The fourth-order valence-corrected chi connectivity index (χ4v) is 1.31. The van der Waals surface area contributed by atoms with E-state index in [0.29, 0.717) is 6.42 Å². The molecule has 84 valence electrons. The Hall–Kier alpha value is -1.01. The summed E-state index contributed by atoms with van der Waals surface area (Å²) in [6.45, 7) is 9.51. The lowest BCUT2D eigenvalue weighted by molar-refractivity contribution is -0.144. The second kappa shape index (κ2) is 3.86. The molecule has 0 N–H and O–H groups in total. The number of hydrogen-bond acceptors (Lipinski definition) is 3. The maximum Gasteiger partial charge on any atom is 0.341 e. The van der Waals surface area contributed by atoms with Gasteiger partial charge in [0.25, 0.3) is 0 Å². The van der Waals surface area contributed by atoms with Crippen LogP contribution in [0, 0.1) is 17.3 Å². The van der Waals surface area contributed by atoms with Crippen LogP contribution in [0.5, 0.6) is 0 Å². The van der Waals surface area contributed by atoms with E-state index in [9.17, 15) is 4.79 Å².